The van der Waals surface area contributed by atoms with Gasteiger partial charge >= 0.3 is 0 Å². The molecule has 1 atom stereocenters. The van der Waals surface area contributed by atoms with Gasteiger partial charge in [0.25, 0.3) is 0 Å². The van der Waals surface area contributed by atoms with Crippen molar-refractivity contribution < 1.29 is 0 Å². The average Bonchev–Trinajstić information content (AvgIpc) is 2.43. The highest BCUT2D eigenvalue weighted by Gasteiger charge is 2.10. The summed E-state index contributed by atoms with van der Waals surface area (Å²) in [4.78, 5) is 8.78. The van der Waals surface area contributed by atoms with E-state index < -0.39 is 0 Å². The van der Waals surface area contributed by atoms with Crippen molar-refractivity contribution in [1.29, 1.82) is 0 Å². The van der Waals surface area contributed by atoms with Gasteiger partial charge < -0.3 is 11.1 Å². The van der Waals surface area contributed by atoms with Crippen molar-refractivity contribution in [2.45, 2.75) is 26.3 Å². The molecule has 4 heteroatoms. The lowest BCUT2D eigenvalue weighted by Gasteiger charge is -2.18. The van der Waals surface area contributed by atoms with Gasteiger partial charge in [0.15, 0.2) is 0 Å². The first-order chi connectivity index (χ1) is 9.19. The molecule has 1 aromatic heterocycles. The van der Waals surface area contributed by atoms with Crippen LogP contribution in [-0.2, 0) is 6.42 Å². The summed E-state index contributed by atoms with van der Waals surface area (Å²) in [5.41, 5.74) is 8.92. The lowest BCUT2D eigenvalue weighted by atomic mass is 10.1. The lowest BCUT2D eigenvalue weighted by molar-refractivity contribution is 0.717. The fraction of sp³-hybridized carbons (Fsp3) is 0.333. The molecule has 0 saturated heterocycles. The van der Waals surface area contributed by atoms with Gasteiger partial charge in [0, 0.05) is 18.8 Å². The first-order valence-electron chi connectivity index (χ1n) is 6.50. The van der Waals surface area contributed by atoms with Crippen LogP contribution >= 0.6 is 0 Å². The second-order valence-electron chi connectivity index (χ2n) is 4.71. The molecule has 0 aliphatic carbocycles. The van der Waals surface area contributed by atoms with E-state index in [2.05, 4.69) is 27.4 Å². The van der Waals surface area contributed by atoms with Crippen molar-refractivity contribution in [2.75, 3.05) is 11.9 Å². The zero-order valence-electron chi connectivity index (χ0n) is 11.4. The van der Waals surface area contributed by atoms with Gasteiger partial charge in [0.1, 0.15) is 5.82 Å². The summed E-state index contributed by atoms with van der Waals surface area (Å²) in [7, 11) is 0. The Bertz CT molecular complexity index is 525. The Labute approximate surface area is 114 Å². The molecule has 3 N–H and O–H groups in total. The maximum absolute atomic E-state index is 5.85. The predicted octanol–water partition coefficient (Wildman–Crippen LogP) is 2.08. The third-order valence-electron chi connectivity index (χ3n) is 3.03. The van der Waals surface area contributed by atoms with Crippen LogP contribution in [0.15, 0.2) is 36.5 Å². The fourth-order valence-corrected chi connectivity index (χ4v) is 1.96. The van der Waals surface area contributed by atoms with E-state index in [4.69, 9.17) is 5.73 Å². The SMILES string of the molecule is Cc1cnc(C)c(NC(CN)Cc2ccccc2)n1. The number of hydrogen-bond acceptors (Lipinski definition) is 4. The van der Waals surface area contributed by atoms with Crippen LogP contribution in [0.4, 0.5) is 5.82 Å². The van der Waals surface area contributed by atoms with Crippen molar-refractivity contribution in [3.8, 4) is 0 Å². The highest BCUT2D eigenvalue weighted by molar-refractivity contribution is 5.41. The van der Waals surface area contributed by atoms with E-state index in [1.54, 1.807) is 6.20 Å². The summed E-state index contributed by atoms with van der Waals surface area (Å²) in [6, 6.07) is 10.5. The second-order valence-corrected chi connectivity index (χ2v) is 4.71. The number of hydrogen-bond donors (Lipinski definition) is 2. The Hall–Kier alpha value is -1.94. The van der Waals surface area contributed by atoms with Gasteiger partial charge in [-0.3, -0.25) is 4.98 Å². The van der Waals surface area contributed by atoms with Crippen molar-refractivity contribution in [3.05, 3.63) is 53.5 Å². The van der Waals surface area contributed by atoms with E-state index in [0.717, 1.165) is 23.6 Å². The highest BCUT2D eigenvalue weighted by Crippen LogP contribution is 2.12. The quantitative estimate of drug-likeness (QED) is 0.859. The minimum absolute atomic E-state index is 0.164. The van der Waals surface area contributed by atoms with Gasteiger partial charge in [-0.2, -0.15) is 0 Å². The Morgan fingerprint density at radius 2 is 1.95 bits per heavy atom. The minimum Gasteiger partial charge on any atom is -0.364 e. The molecule has 1 heterocycles. The zero-order valence-corrected chi connectivity index (χ0v) is 11.4. The molecule has 0 aliphatic heterocycles. The number of nitrogens with two attached hydrogens (primary N) is 1. The smallest absolute Gasteiger partial charge is 0.148 e. The molecule has 100 valence electrons. The number of anilines is 1. The van der Waals surface area contributed by atoms with Gasteiger partial charge in [-0.15, -0.1) is 0 Å². The first kappa shape index (κ1) is 13.5. The number of aromatic nitrogens is 2. The van der Waals surface area contributed by atoms with E-state index in [0.29, 0.717) is 6.54 Å². The van der Waals surface area contributed by atoms with Crippen LogP contribution in [0, 0.1) is 13.8 Å². The molecule has 1 aromatic carbocycles. The van der Waals surface area contributed by atoms with E-state index in [1.807, 2.05) is 32.0 Å². The maximum Gasteiger partial charge on any atom is 0.148 e. The van der Waals surface area contributed by atoms with Crippen LogP contribution in [-0.4, -0.2) is 22.6 Å². The van der Waals surface area contributed by atoms with Gasteiger partial charge in [0.05, 0.1) is 11.4 Å². The molecule has 0 radical (unpaired) electrons. The second kappa shape index (κ2) is 6.29. The number of rotatable bonds is 5. The van der Waals surface area contributed by atoms with Gasteiger partial charge in [-0.05, 0) is 25.8 Å². The van der Waals surface area contributed by atoms with Crippen LogP contribution in [0.1, 0.15) is 17.0 Å². The molecule has 19 heavy (non-hydrogen) atoms. The van der Waals surface area contributed by atoms with Crippen LogP contribution in [0.3, 0.4) is 0 Å². The molecular weight excluding hydrogens is 236 g/mol. The first-order valence-corrected chi connectivity index (χ1v) is 6.50. The molecule has 0 fully saturated rings. The summed E-state index contributed by atoms with van der Waals surface area (Å²) in [5.74, 6) is 0.825. The lowest BCUT2D eigenvalue weighted by Crippen LogP contribution is -2.31. The van der Waals surface area contributed by atoms with E-state index >= 15 is 0 Å². The topological polar surface area (TPSA) is 63.8 Å². The van der Waals surface area contributed by atoms with Crippen molar-refractivity contribution in [1.82, 2.24) is 9.97 Å². The predicted molar refractivity (Wildman–Crippen MR) is 78.1 cm³/mol. The molecule has 0 amide bonds. The molecule has 1 unspecified atom stereocenters. The molecular formula is C15H20N4. The number of aryl methyl sites for hydroxylation is 2. The highest BCUT2D eigenvalue weighted by atomic mass is 15.1. The molecule has 0 aliphatic rings. The number of benzene rings is 1. The van der Waals surface area contributed by atoms with Crippen LogP contribution < -0.4 is 11.1 Å². The fourth-order valence-electron chi connectivity index (χ4n) is 1.96. The van der Waals surface area contributed by atoms with Crippen LogP contribution in [0.25, 0.3) is 0 Å². The molecule has 2 rings (SSSR count). The summed E-state index contributed by atoms with van der Waals surface area (Å²) in [5, 5.41) is 3.39. The molecule has 4 nitrogen and oxygen atoms in total. The third-order valence-corrected chi connectivity index (χ3v) is 3.03. The molecule has 0 spiro atoms. The number of nitrogens with zero attached hydrogens (tertiary/aromatic N) is 2. The molecule has 2 aromatic rings. The monoisotopic (exact) mass is 256 g/mol. The van der Waals surface area contributed by atoms with E-state index in [1.165, 1.54) is 5.56 Å². The van der Waals surface area contributed by atoms with Crippen LogP contribution in [0.2, 0.25) is 0 Å². The number of nitrogens with one attached hydrogen (secondary N) is 1. The van der Waals surface area contributed by atoms with Gasteiger partial charge in [-0.1, -0.05) is 30.3 Å². The summed E-state index contributed by atoms with van der Waals surface area (Å²) >= 11 is 0. The summed E-state index contributed by atoms with van der Waals surface area (Å²) < 4.78 is 0. The van der Waals surface area contributed by atoms with Crippen molar-refractivity contribution in [3.63, 3.8) is 0 Å². The Morgan fingerprint density at radius 3 is 2.63 bits per heavy atom. The van der Waals surface area contributed by atoms with Crippen LogP contribution in [0.5, 0.6) is 0 Å². The largest absolute Gasteiger partial charge is 0.364 e. The summed E-state index contributed by atoms with van der Waals surface area (Å²) in [6.45, 7) is 4.45. The standard InChI is InChI=1S/C15H20N4/c1-11-10-17-12(2)15(18-11)19-14(9-16)8-13-6-4-3-5-7-13/h3-7,10,14H,8-9,16H2,1-2H3,(H,18,19). The van der Waals surface area contributed by atoms with E-state index in [9.17, 15) is 0 Å². The maximum atomic E-state index is 5.85. The zero-order chi connectivity index (χ0) is 13.7. The minimum atomic E-state index is 0.164. The Kier molecular flexibility index (Phi) is 4.47. The van der Waals surface area contributed by atoms with Gasteiger partial charge in [0.2, 0.25) is 0 Å². The van der Waals surface area contributed by atoms with Gasteiger partial charge in [-0.25, -0.2) is 4.98 Å². The molecule has 0 saturated carbocycles. The van der Waals surface area contributed by atoms with Crippen molar-refractivity contribution in [2.24, 2.45) is 5.73 Å². The third kappa shape index (κ3) is 3.76. The Balaban J connectivity index is 2.09. The molecule has 0 bridgehead atoms. The Morgan fingerprint density at radius 1 is 1.21 bits per heavy atom. The normalized spacial score (nSPS) is 12.2. The summed E-state index contributed by atoms with van der Waals surface area (Å²) in [6.07, 6.45) is 2.65. The van der Waals surface area contributed by atoms with E-state index in [-0.39, 0.29) is 6.04 Å². The average molecular weight is 256 g/mol. The van der Waals surface area contributed by atoms with Crippen molar-refractivity contribution >= 4 is 5.82 Å².